The second kappa shape index (κ2) is 4.12. The Labute approximate surface area is 111 Å². The summed E-state index contributed by atoms with van der Waals surface area (Å²) in [5.41, 5.74) is 10.6. The van der Waals surface area contributed by atoms with Gasteiger partial charge in [0.05, 0.1) is 0 Å². The van der Waals surface area contributed by atoms with Gasteiger partial charge in [0, 0.05) is 23.0 Å². The molecule has 0 radical (unpaired) electrons. The maximum atomic E-state index is 5.92. The second-order valence-corrected chi connectivity index (χ2v) is 5.14. The molecule has 0 saturated carbocycles. The summed E-state index contributed by atoms with van der Waals surface area (Å²) in [5.74, 6) is 1.12. The summed E-state index contributed by atoms with van der Waals surface area (Å²) < 4.78 is 1.71. The minimum Gasteiger partial charge on any atom is -0.398 e. The van der Waals surface area contributed by atoms with E-state index in [4.69, 9.17) is 5.73 Å². The van der Waals surface area contributed by atoms with E-state index in [9.17, 15) is 0 Å². The number of H-pyrrole nitrogens is 1. The first-order valence-electron chi connectivity index (χ1n) is 6.37. The number of nitrogens with zero attached hydrogens (tertiary/aromatic N) is 3. The Bertz CT molecular complexity index is 704. The van der Waals surface area contributed by atoms with E-state index in [0.29, 0.717) is 11.7 Å². The van der Waals surface area contributed by atoms with E-state index in [1.54, 1.807) is 4.63 Å². The van der Waals surface area contributed by atoms with Crippen LogP contribution in [0.1, 0.15) is 31.0 Å². The highest BCUT2D eigenvalue weighted by Gasteiger charge is 2.11. The predicted molar refractivity (Wildman–Crippen MR) is 76.0 cm³/mol. The van der Waals surface area contributed by atoms with E-state index < -0.39 is 0 Å². The molecule has 0 aliphatic carbocycles. The van der Waals surface area contributed by atoms with Crippen LogP contribution in [0.25, 0.3) is 17.0 Å². The number of hydrogen-bond acceptors (Lipinski definition) is 3. The van der Waals surface area contributed by atoms with Gasteiger partial charge in [-0.05, 0) is 24.5 Å². The zero-order valence-electron chi connectivity index (χ0n) is 11.3. The summed E-state index contributed by atoms with van der Waals surface area (Å²) in [6, 6.07) is 7.91. The summed E-state index contributed by atoms with van der Waals surface area (Å²) >= 11 is 0. The summed E-state index contributed by atoms with van der Waals surface area (Å²) in [6.45, 7) is 6.25. The molecule has 0 atom stereocenters. The topological polar surface area (TPSA) is 72.0 Å². The molecular weight excluding hydrogens is 238 g/mol. The number of aryl methyl sites for hydroxylation is 1. The van der Waals surface area contributed by atoms with Crippen molar-refractivity contribution in [2.75, 3.05) is 5.73 Å². The highest BCUT2D eigenvalue weighted by molar-refractivity contribution is 5.65. The molecule has 2 heterocycles. The van der Waals surface area contributed by atoms with Gasteiger partial charge in [-0.2, -0.15) is 4.63 Å². The molecule has 0 fully saturated rings. The maximum Gasteiger partial charge on any atom is 0.183 e. The largest absolute Gasteiger partial charge is 0.398 e. The fourth-order valence-corrected chi connectivity index (χ4v) is 1.99. The van der Waals surface area contributed by atoms with Gasteiger partial charge in [-0.25, -0.2) is 4.98 Å². The molecule has 0 saturated heterocycles. The van der Waals surface area contributed by atoms with Crippen LogP contribution in [0.5, 0.6) is 0 Å². The molecule has 98 valence electrons. The normalized spacial score (nSPS) is 11.6. The van der Waals surface area contributed by atoms with Crippen molar-refractivity contribution in [3.63, 3.8) is 0 Å². The van der Waals surface area contributed by atoms with Crippen LogP contribution in [0, 0.1) is 6.92 Å². The van der Waals surface area contributed by atoms with E-state index in [2.05, 4.69) is 29.0 Å². The molecule has 3 N–H and O–H groups in total. The van der Waals surface area contributed by atoms with Gasteiger partial charge >= 0.3 is 0 Å². The van der Waals surface area contributed by atoms with E-state index in [-0.39, 0.29) is 0 Å². The minimum atomic E-state index is 0.432. The van der Waals surface area contributed by atoms with Gasteiger partial charge in [-0.3, -0.25) is 5.10 Å². The molecule has 19 heavy (non-hydrogen) atoms. The van der Waals surface area contributed by atoms with Crippen molar-refractivity contribution in [2.45, 2.75) is 26.7 Å². The molecule has 1 aromatic carbocycles. The van der Waals surface area contributed by atoms with Crippen LogP contribution < -0.4 is 5.73 Å². The van der Waals surface area contributed by atoms with Crippen molar-refractivity contribution in [3.05, 3.63) is 35.5 Å². The Kier molecular flexibility index (Phi) is 2.55. The fraction of sp³-hybridized carbons (Fsp3) is 0.286. The van der Waals surface area contributed by atoms with Gasteiger partial charge in [0.15, 0.2) is 11.5 Å². The third-order valence-corrected chi connectivity index (χ3v) is 3.31. The van der Waals surface area contributed by atoms with Crippen molar-refractivity contribution in [2.24, 2.45) is 0 Å². The second-order valence-electron chi connectivity index (χ2n) is 5.14. The fourth-order valence-electron chi connectivity index (χ4n) is 1.99. The molecule has 0 bridgehead atoms. The number of anilines is 1. The molecule has 5 heteroatoms. The first-order chi connectivity index (χ1) is 9.04. The van der Waals surface area contributed by atoms with Crippen LogP contribution in [0.2, 0.25) is 0 Å². The average Bonchev–Trinajstić information content (AvgIpc) is 2.90. The first kappa shape index (κ1) is 11.8. The van der Waals surface area contributed by atoms with Crippen LogP contribution in [0.4, 0.5) is 5.69 Å². The van der Waals surface area contributed by atoms with Crippen molar-refractivity contribution in [3.8, 4) is 11.4 Å². The van der Waals surface area contributed by atoms with Crippen molar-refractivity contribution in [1.29, 1.82) is 0 Å². The van der Waals surface area contributed by atoms with E-state index >= 15 is 0 Å². The Morgan fingerprint density at radius 2 is 2.05 bits per heavy atom. The number of aromatic nitrogens is 4. The monoisotopic (exact) mass is 255 g/mol. The van der Waals surface area contributed by atoms with Gasteiger partial charge < -0.3 is 5.73 Å². The van der Waals surface area contributed by atoms with Crippen LogP contribution in [0.15, 0.2) is 24.3 Å². The Morgan fingerprint density at radius 1 is 1.26 bits per heavy atom. The third kappa shape index (κ3) is 1.97. The predicted octanol–water partition coefficient (Wildman–Crippen LogP) is 2.74. The number of rotatable bonds is 2. The average molecular weight is 255 g/mol. The summed E-state index contributed by atoms with van der Waals surface area (Å²) in [6.07, 6.45) is 0. The number of fused-ring (bicyclic) bond motifs is 1. The summed E-state index contributed by atoms with van der Waals surface area (Å²) in [5, 5.41) is 7.67. The Hall–Kier alpha value is -2.30. The van der Waals surface area contributed by atoms with Crippen LogP contribution in [-0.4, -0.2) is 19.8 Å². The van der Waals surface area contributed by atoms with E-state index in [0.717, 1.165) is 28.2 Å². The SMILES string of the molecule is Cc1ccc(-c2nc3cc(C(C)C)[nH]n3n2)cc1N. The smallest absolute Gasteiger partial charge is 0.183 e. The lowest BCUT2D eigenvalue weighted by Gasteiger charge is -2.01. The zero-order chi connectivity index (χ0) is 13.6. The van der Waals surface area contributed by atoms with Crippen LogP contribution >= 0.6 is 0 Å². The van der Waals surface area contributed by atoms with Gasteiger partial charge in [0.2, 0.25) is 0 Å². The number of nitrogen functional groups attached to an aromatic ring is 1. The molecule has 3 aromatic rings. The molecule has 0 unspecified atom stereocenters. The van der Waals surface area contributed by atoms with Gasteiger partial charge in [0.1, 0.15) is 0 Å². The molecule has 3 rings (SSSR count). The van der Waals surface area contributed by atoms with Gasteiger partial charge in [-0.1, -0.05) is 26.0 Å². The van der Waals surface area contributed by atoms with Crippen LogP contribution in [0.3, 0.4) is 0 Å². The zero-order valence-corrected chi connectivity index (χ0v) is 11.3. The Balaban J connectivity index is 2.05. The number of benzene rings is 1. The van der Waals surface area contributed by atoms with E-state index in [1.165, 1.54) is 0 Å². The maximum absolute atomic E-state index is 5.92. The number of aromatic amines is 1. The molecule has 2 aromatic heterocycles. The number of hydrogen-bond donors (Lipinski definition) is 2. The quantitative estimate of drug-likeness (QED) is 0.691. The number of nitrogens with one attached hydrogen (secondary N) is 1. The van der Waals surface area contributed by atoms with Crippen LogP contribution in [-0.2, 0) is 0 Å². The highest BCUT2D eigenvalue weighted by atomic mass is 15.5. The third-order valence-electron chi connectivity index (χ3n) is 3.31. The van der Waals surface area contributed by atoms with Gasteiger partial charge in [-0.15, -0.1) is 5.10 Å². The van der Waals surface area contributed by atoms with E-state index in [1.807, 2.05) is 31.2 Å². The lowest BCUT2D eigenvalue weighted by atomic mass is 10.1. The Morgan fingerprint density at radius 3 is 2.68 bits per heavy atom. The number of nitrogens with two attached hydrogens (primary N) is 1. The van der Waals surface area contributed by atoms with Gasteiger partial charge in [0.25, 0.3) is 0 Å². The molecular formula is C14H17N5. The van der Waals surface area contributed by atoms with Crippen molar-refractivity contribution >= 4 is 11.3 Å². The van der Waals surface area contributed by atoms with Crippen molar-refractivity contribution < 1.29 is 0 Å². The highest BCUT2D eigenvalue weighted by Crippen LogP contribution is 2.22. The minimum absolute atomic E-state index is 0.432. The first-order valence-corrected chi connectivity index (χ1v) is 6.37. The molecule has 5 nitrogen and oxygen atoms in total. The molecule has 0 amide bonds. The standard InChI is InChI=1S/C14H17N5/c1-8(2)12-7-13-16-14(18-19(13)17-12)10-5-4-9(3)11(15)6-10/h4-8,17H,15H2,1-3H3. The molecule has 0 aliphatic rings. The summed E-state index contributed by atoms with van der Waals surface area (Å²) in [7, 11) is 0. The summed E-state index contributed by atoms with van der Waals surface area (Å²) in [4.78, 5) is 4.52. The molecule has 0 aliphatic heterocycles. The molecule has 0 spiro atoms. The van der Waals surface area contributed by atoms with Crippen molar-refractivity contribution in [1.82, 2.24) is 19.8 Å². The lowest BCUT2D eigenvalue weighted by molar-refractivity contribution is 0.744. The lowest BCUT2D eigenvalue weighted by Crippen LogP contribution is -1.94.